The lowest BCUT2D eigenvalue weighted by Crippen LogP contribution is -2.20. The van der Waals surface area contributed by atoms with Crippen molar-refractivity contribution in [1.29, 1.82) is 0 Å². The molecule has 0 aliphatic rings. The molecule has 0 aliphatic heterocycles. The molecule has 0 saturated carbocycles. The van der Waals surface area contributed by atoms with Gasteiger partial charge < -0.3 is 5.73 Å². The van der Waals surface area contributed by atoms with Gasteiger partial charge in [-0.2, -0.15) is 5.10 Å². The second-order valence-electron chi connectivity index (χ2n) is 3.29. The molecule has 0 spiro atoms. The number of H-pyrrole nitrogens is 1. The first-order valence-electron chi connectivity index (χ1n) is 4.52. The fraction of sp³-hybridized carbons (Fsp3) is 0.750. The average Bonchev–Trinajstić information content (AvgIpc) is 2.64. The molecule has 0 radical (unpaired) electrons. The zero-order valence-corrected chi connectivity index (χ0v) is 8.17. The van der Waals surface area contributed by atoms with Crippen LogP contribution in [0.1, 0.15) is 44.4 Å². The summed E-state index contributed by atoms with van der Waals surface area (Å²) in [5.74, 6) is 0.0183. The Labute approximate surface area is 80.9 Å². The molecular weight excluding hydrogens is 190 g/mol. The molecule has 0 saturated heterocycles. The molecular formula is C8H14F2N4. The van der Waals surface area contributed by atoms with E-state index in [9.17, 15) is 8.78 Å². The second-order valence-corrected chi connectivity index (χ2v) is 3.29. The zero-order chi connectivity index (χ0) is 10.7. The lowest BCUT2D eigenvalue weighted by atomic mass is 10.00. The van der Waals surface area contributed by atoms with Crippen molar-refractivity contribution in [2.24, 2.45) is 11.7 Å². The van der Waals surface area contributed by atoms with Crippen molar-refractivity contribution < 1.29 is 8.78 Å². The van der Waals surface area contributed by atoms with Gasteiger partial charge in [-0.15, -0.1) is 0 Å². The molecule has 1 aromatic rings. The molecule has 0 bridgehead atoms. The summed E-state index contributed by atoms with van der Waals surface area (Å²) < 4.78 is 24.3. The molecule has 80 valence electrons. The summed E-state index contributed by atoms with van der Waals surface area (Å²) in [7, 11) is 0. The molecule has 0 fully saturated rings. The minimum atomic E-state index is -2.62. The first-order valence-corrected chi connectivity index (χ1v) is 4.52. The van der Waals surface area contributed by atoms with Crippen LogP contribution in [0.5, 0.6) is 0 Å². The van der Waals surface area contributed by atoms with E-state index in [2.05, 4.69) is 15.2 Å². The maximum atomic E-state index is 12.2. The molecule has 14 heavy (non-hydrogen) atoms. The predicted octanol–water partition coefficient (Wildman–Crippen LogP) is 1.79. The molecule has 0 aromatic carbocycles. The highest BCUT2D eigenvalue weighted by atomic mass is 19.3. The van der Waals surface area contributed by atoms with Crippen LogP contribution >= 0.6 is 0 Å². The van der Waals surface area contributed by atoms with Gasteiger partial charge in [-0.05, 0) is 5.92 Å². The van der Waals surface area contributed by atoms with Gasteiger partial charge in [0.1, 0.15) is 0 Å². The van der Waals surface area contributed by atoms with Crippen LogP contribution in [-0.4, -0.2) is 15.2 Å². The summed E-state index contributed by atoms with van der Waals surface area (Å²) in [5.41, 5.74) is 5.77. The maximum Gasteiger partial charge on any atom is 0.296 e. The SMILES string of the molecule is CCC(C)C(N)c1n[nH]c(C(F)F)n1. The number of hydrogen-bond donors (Lipinski definition) is 2. The summed E-state index contributed by atoms with van der Waals surface area (Å²) in [6.45, 7) is 3.91. The fourth-order valence-corrected chi connectivity index (χ4v) is 1.04. The lowest BCUT2D eigenvalue weighted by molar-refractivity contribution is 0.140. The molecule has 4 nitrogen and oxygen atoms in total. The largest absolute Gasteiger partial charge is 0.321 e. The van der Waals surface area contributed by atoms with Crippen LogP contribution < -0.4 is 5.73 Å². The Balaban J connectivity index is 2.76. The topological polar surface area (TPSA) is 67.6 Å². The van der Waals surface area contributed by atoms with Gasteiger partial charge >= 0.3 is 0 Å². The molecule has 6 heteroatoms. The Hall–Kier alpha value is -1.04. The van der Waals surface area contributed by atoms with E-state index in [1.165, 1.54) is 0 Å². The number of aromatic amines is 1. The highest BCUT2D eigenvalue weighted by Crippen LogP contribution is 2.20. The minimum absolute atomic E-state index is 0.177. The van der Waals surface area contributed by atoms with Gasteiger partial charge in [-0.25, -0.2) is 13.8 Å². The van der Waals surface area contributed by atoms with E-state index in [-0.39, 0.29) is 17.8 Å². The third-order valence-electron chi connectivity index (χ3n) is 2.28. The van der Waals surface area contributed by atoms with Gasteiger partial charge in [-0.3, -0.25) is 5.10 Å². The smallest absolute Gasteiger partial charge is 0.296 e. The van der Waals surface area contributed by atoms with Crippen molar-refractivity contribution in [2.75, 3.05) is 0 Å². The molecule has 2 atom stereocenters. The molecule has 3 N–H and O–H groups in total. The van der Waals surface area contributed by atoms with E-state index in [0.717, 1.165) is 6.42 Å². The summed E-state index contributed by atoms with van der Waals surface area (Å²) in [4.78, 5) is 3.64. The number of aromatic nitrogens is 3. The van der Waals surface area contributed by atoms with Crippen LogP contribution in [0, 0.1) is 5.92 Å². The normalized spacial score (nSPS) is 15.9. The van der Waals surface area contributed by atoms with Crippen molar-refractivity contribution in [3.8, 4) is 0 Å². The number of hydrogen-bond acceptors (Lipinski definition) is 3. The van der Waals surface area contributed by atoms with Crippen molar-refractivity contribution >= 4 is 0 Å². The van der Waals surface area contributed by atoms with E-state index in [4.69, 9.17) is 5.73 Å². The fourth-order valence-electron chi connectivity index (χ4n) is 1.04. The summed E-state index contributed by atoms with van der Waals surface area (Å²) >= 11 is 0. The Bertz CT molecular complexity index is 287. The Morgan fingerprint density at radius 1 is 1.50 bits per heavy atom. The van der Waals surface area contributed by atoms with Gasteiger partial charge in [0.25, 0.3) is 6.43 Å². The molecule has 0 amide bonds. The second kappa shape index (κ2) is 4.45. The van der Waals surface area contributed by atoms with Crippen molar-refractivity contribution in [3.63, 3.8) is 0 Å². The first kappa shape index (κ1) is 11.0. The van der Waals surface area contributed by atoms with Gasteiger partial charge in [0.2, 0.25) is 0 Å². The molecule has 1 rings (SSSR count). The molecule has 1 heterocycles. The van der Waals surface area contributed by atoms with Crippen LogP contribution in [-0.2, 0) is 0 Å². The summed E-state index contributed by atoms with van der Waals surface area (Å²) in [6, 6.07) is -0.385. The first-order chi connectivity index (χ1) is 6.56. The maximum absolute atomic E-state index is 12.2. The van der Waals surface area contributed by atoms with E-state index in [1.807, 2.05) is 13.8 Å². The number of alkyl halides is 2. The Morgan fingerprint density at radius 3 is 2.57 bits per heavy atom. The number of nitrogens with one attached hydrogen (secondary N) is 1. The Kier molecular flexibility index (Phi) is 3.51. The quantitative estimate of drug-likeness (QED) is 0.785. The van der Waals surface area contributed by atoms with Crippen LogP contribution in [0.2, 0.25) is 0 Å². The third kappa shape index (κ3) is 2.25. The standard InChI is InChI=1S/C8H14F2N4/c1-3-4(2)5(11)7-12-8(6(9)10)14-13-7/h4-6H,3,11H2,1-2H3,(H,12,13,14). The van der Waals surface area contributed by atoms with Crippen molar-refractivity contribution in [1.82, 2.24) is 15.2 Å². The van der Waals surface area contributed by atoms with E-state index >= 15 is 0 Å². The van der Waals surface area contributed by atoms with E-state index in [0.29, 0.717) is 0 Å². The highest BCUT2D eigenvalue weighted by molar-refractivity contribution is 4.97. The Morgan fingerprint density at radius 2 is 2.14 bits per heavy atom. The van der Waals surface area contributed by atoms with Crippen LogP contribution in [0.15, 0.2) is 0 Å². The van der Waals surface area contributed by atoms with Crippen LogP contribution in [0.25, 0.3) is 0 Å². The van der Waals surface area contributed by atoms with Gasteiger partial charge in [0.05, 0.1) is 6.04 Å². The summed E-state index contributed by atoms with van der Waals surface area (Å²) in [5, 5.41) is 5.84. The monoisotopic (exact) mass is 204 g/mol. The third-order valence-corrected chi connectivity index (χ3v) is 2.28. The predicted molar refractivity (Wildman–Crippen MR) is 47.7 cm³/mol. The number of nitrogens with two attached hydrogens (primary N) is 1. The number of nitrogens with zero attached hydrogens (tertiary/aromatic N) is 2. The van der Waals surface area contributed by atoms with E-state index in [1.54, 1.807) is 0 Å². The molecule has 0 aliphatic carbocycles. The lowest BCUT2D eigenvalue weighted by Gasteiger charge is -2.13. The zero-order valence-electron chi connectivity index (χ0n) is 8.17. The number of rotatable bonds is 4. The van der Waals surface area contributed by atoms with Crippen LogP contribution in [0.3, 0.4) is 0 Å². The summed E-state index contributed by atoms with van der Waals surface area (Å²) in [6.07, 6.45) is -1.76. The molecule has 1 aromatic heterocycles. The van der Waals surface area contributed by atoms with Gasteiger partial charge in [-0.1, -0.05) is 20.3 Å². The van der Waals surface area contributed by atoms with Crippen molar-refractivity contribution in [2.45, 2.75) is 32.7 Å². The molecule has 2 unspecified atom stereocenters. The van der Waals surface area contributed by atoms with Crippen LogP contribution in [0.4, 0.5) is 8.78 Å². The highest BCUT2D eigenvalue weighted by Gasteiger charge is 2.20. The van der Waals surface area contributed by atoms with Gasteiger partial charge in [0.15, 0.2) is 11.6 Å². The van der Waals surface area contributed by atoms with E-state index < -0.39 is 12.2 Å². The minimum Gasteiger partial charge on any atom is -0.321 e. The van der Waals surface area contributed by atoms with Gasteiger partial charge in [0, 0.05) is 0 Å². The van der Waals surface area contributed by atoms with Crippen molar-refractivity contribution in [3.05, 3.63) is 11.6 Å². The average molecular weight is 204 g/mol. The number of halogens is 2.